The maximum Gasteiger partial charge on any atom is 0.302 e. The molecule has 0 saturated heterocycles. The molecule has 0 aromatic carbocycles. The molecule has 4 saturated carbocycles. The average molecular weight is 392 g/mol. The quantitative estimate of drug-likeness (QED) is 0.463. The lowest BCUT2D eigenvalue weighted by Crippen LogP contribution is -2.72. The normalized spacial score (nSPS) is 52.0. The molecule has 0 amide bonds. The summed E-state index contributed by atoms with van der Waals surface area (Å²) in [7, 11) is 0. The molecule has 1 spiro atoms. The Kier molecular flexibility index (Phi) is 4.22. The van der Waals surface area contributed by atoms with Crippen LogP contribution >= 0.6 is 0 Å². The summed E-state index contributed by atoms with van der Waals surface area (Å²) < 4.78 is 5.69. The van der Waals surface area contributed by atoms with Crippen LogP contribution in [-0.2, 0) is 14.3 Å². The summed E-state index contributed by atoms with van der Waals surface area (Å²) in [5, 5.41) is 33.4. The van der Waals surface area contributed by atoms with Crippen molar-refractivity contribution in [1.82, 2.24) is 0 Å². The second-order valence-corrected chi connectivity index (χ2v) is 10.5. The standard InChI is InChI=1S/C22H32O6/c1-10-14-15(24)16(25)17-21(5)8-6-7-20(3,4)12(21)9-13(28-11(2)23)22(17,18(10)26)19(14)27/h12-17,19,24-25,27H,1,6-9H2,2-5H3/t12-,13-,14+,15-,16+,17+,19-,21-,22-/m1/s1. The van der Waals surface area contributed by atoms with E-state index >= 15 is 0 Å². The van der Waals surface area contributed by atoms with Crippen molar-refractivity contribution < 1.29 is 29.6 Å². The summed E-state index contributed by atoms with van der Waals surface area (Å²) in [6, 6.07) is 0. The molecule has 2 bridgehead atoms. The molecule has 4 fully saturated rings. The van der Waals surface area contributed by atoms with Crippen molar-refractivity contribution in [1.29, 1.82) is 0 Å². The Morgan fingerprint density at radius 2 is 1.79 bits per heavy atom. The van der Waals surface area contributed by atoms with Crippen LogP contribution in [0.5, 0.6) is 0 Å². The number of Topliss-reactive ketones (excluding diaryl/α,β-unsaturated/α-hetero) is 1. The fourth-order valence-corrected chi connectivity index (χ4v) is 7.82. The van der Waals surface area contributed by atoms with Gasteiger partial charge in [-0.2, -0.15) is 0 Å². The molecule has 156 valence electrons. The van der Waals surface area contributed by atoms with E-state index in [1.165, 1.54) is 6.92 Å². The number of rotatable bonds is 1. The van der Waals surface area contributed by atoms with Gasteiger partial charge >= 0.3 is 5.97 Å². The lowest BCUT2D eigenvalue weighted by atomic mass is 9.39. The Bertz CT molecular complexity index is 743. The molecule has 6 nitrogen and oxygen atoms in total. The number of ketones is 1. The highest BCUT2D eigenvalue weighted by Gasteiger charge is 2.78. The highest BCUT2D eigenvalue weighted by Crippen LogP contribution is 2.71. The minimum Gasteiger partial charge on any atom is -0.461 e. The van der Waals surface area contributed by atoms with E-state index in [1.54, 1.807) is 0 Å². The summed E-state index contributed by atoms with van der Waals surface area (Å²) >= 11 is 0. The lowest BCUT2D eigenvalue weighted by Gasteiger charge is -2.66. The molecule has 4 rings (SSSR count). The summed E-state index contributed by atoms with van der Waals surface area (Å²) in [5.74, 6) is -2.41. The Hall–Kier alpha value is -1.24. The molecular weight excluding hydrogens is 360 g/mol. The van der Waals surface area contributed by atoms with Gasteiger partial charge in [-0.15, -0.1) is 0 Å². The van der Waals surface area contributed by atoms with Crippen molar-refractivity contribution >= 4 is 11.8 Å². The van der Waals surface area contributed by atoms with Gasteiger partial charge in [0.25, 0.3) is 0 Å². The van der Waals surface area contributed by atoms with Gasteiger partial charge in [-0.05, 0) is 41.6 Å². The third-order valence-corrected chi connectivity index (χ3v) is 8.77. The van der Waals surface area contributed by atoms with Crippen molar-refractivity contribution in [2.45, 2.75) is 77.8 Å². The zero-order valence-electron chi connectivity index (χ0n) is 17.1. The smallest absolute Gasteiger partial charge is 0.302 e. The fourth-order valence-electron chi connectivity index (χ4n) is 7.82. The highest BCUT2D eigenvalue weighted by molar-refractivity contribution is 6.05. The molecule has 3 N–H and O–H groups in total. The number of esters is 1. The first-order valence-electron chi connectivity index (χ1n) is 10.4. The zero-order valence-corrected chi connectivity index (χ0v) is 17.1. The van der Waals surface area contributed by atoms with Crippen LogP contribution in [0.2, 0.25) is 0 Å². The largest absolute Gasteiger partial charge is 0.461 e. The maximum atomic E-state index is 13.5. The predicted molar refractivity (Wildman–Crippen MR) is 101 cm³/mol. The van der Waals surface area contributed by atoms with Crippen LogP contribution in [0.4, 0.5) is 0 Å². The molecule has 4 aliphatic carbocycles. The second kappa shape index (κ2) is 5.89. The van der Waals surface area contributed by atoms with Crippen molar-refractivity contribution in [3.63, 3.8) is 0 Å². The van der Waals surface area contributed by atoms with Crippen molar-refractivity contribution in [2.24, 2.45) is 34.0 Å². The number of ether oxygens (including phenoxy) is 1. The van der Waals surface area contributed by atoms with Gasteiger partial charge in [0, 0.05) is 18.8 Å². The third-order valence-electron chi connectivity index (χ3n) is 8.77. The number of hydrogen-bond acceptors (Lipinski definition) is 6. The van der Waals surface area contributed by atoms with E-state index < -0.39 is 53.1 Å². The molecule has 0 aromatic rings. The fraction of sp³-hybridized carbons (Fsp3) is 0.818. The topological polar surface area (TPSA) is 104 Å². The van der Waals surface area contributed by atoms with Gasteiger partial charge in [-0.25, -0.2) is 0 Å². The van der Waals surface area contributed by atoms with E-state index in [1.807, 2.05) is 0 Å². The van der Waals surface area contributed by atoms with E-state index in [4.69, 9.17) is 4.74 Å². The molecule has 0 radical (unpaired) electrons. The van der Waals surface area contributed by atoms with Crippen molar-refractivity contribution in [2.75, 3.05) is 0 Å². The first-order chi connectivity index (χ1) is 12.9. The number of aliphatic hydroxyl groups is 3. The third kappa shape index (κ3) is 2.14. The minimum absolute atomic E-state index is 0.0713. The molecule has 4 aliphatic rings. The van der Waals surface area contributed by atoms with E-state index in [0.717, 1.165) is 19.3 Å². The zero-order chi connectivity index (χ0) is 20.8. The van der Waals surface area contributed by atoms with Gasteiger partial charge in [0.15, 0.2) is 5.78 Å². The number of hydrogen-bond donors (Lipinski definition) is 3. The molecule has 28 heavy (non-hydrogen) atoms. The molecule has 9 atom stereocenters. The van der Waals surface area contributed by atoms with Crippen LogP contribution in [0.15, 0.2) is 12.2 Å². The molecule has 0 heterocycles. The van der Waals surface area contributed by atoms with E-state index in [2.05, 4.69) is 27.4 Å². The van der Waals surface area contributed by atoms with E-state index in [0.29, 0.717) is 6.42 Å². The lowest BCUT2D eigenvalue weighted by molar-refractivity contribution is -0.273. The van der Waals surface area contributed by atoms with E-state index in [9.17, 15) is 24.9 Å². The van der Waals surface area contributed by atoms with Crippen LogP contribution < -0.4 is 0 Å². The molecule has 0 aliphatic heterocycles. The molecule has 6 heteroatoms. The number of carbonyl (C=O) groups excluding carboxylic acids is 2. The monoisotopic (exact) mass is 392 g/mol. The Labute approximate surface area is 166 Å². The Balaban J connectivity index is 1.97. The first-order valence-corrected chi connectivity index (χ1v) is 10.4. The number of fused-ring (bicyclic) bond motifs is 3. The van der Waals surface area contributed by atoms with Gasteiger partial charge < -0.3 is 20.1 Å². The Morgan fingerprint density at radius 3 is 2.39 bits per heavy atom. The van der Waals surface area contributed by atoms with Gasteiger partial charge in [0.1, 0.15) is 11.5 Å². The van der Waals surface area contributed by atoms with Crippen LogP contribution in [0.25, 0.3) is 0 Å². The van der Waals surface area contributed by atoms with Crippen molar-refractivity contribution in [3.05, 3.63) is 12.2 Å². The summed E-state index contributed by atoms with van der Waals surface area (Å²) in [5.41, 5.74) is -1.84. The number of aliphatic hydroxyl groups excluding tert-OH is 3. The van der Waals surface area contributed by atoms with Gasteiger partial charge in [-0.3, -0.25) is 9.59 Å². The SMILES string of the molecule is C=C1C(=O)[C@]23[C@H](O)[C@@H]1[C@@H](O)[C@H](O)[C@H]2[C@]1(C)CCCC(C)(C)[C@H]1C[C@H]3OC(C)=O. The van der Waals surface area contributed by atoms with Gasteiger partial charge in [0.2, 0.25) is 0 Å². The predicted octanol–water partition coefficient (Wildman–Crippen LogP) is 1.61. The maximum absolute atomic E-state index is 13.5. The number of carbonyl (C=O) groups is 2. The van der Waals surface area contributed by atoms with E-state index in [-0.39, 0.29) is 22.7 Å². The minimum atomic E-state index is -1.44. The van der Waals surface area contributed by atoms with Crippen LogP contribution in [0, 0.1) is 34.0 Å². The molecular formula is C22H32O6. The summed E-state index contributed by atoms with van der Waals surface area (Å²) in [6.07, 6.45) is -1.29. The molecule has 0 unspecified atom stereocenters. The highest BCUT2D eigenvalue weighted by atomic mass is 16.5. The molecule has 0 aromatic heterocycles. The Morgan fingerprint density at radius 1 is 1.14 bits per heavy atom. The van der Waals surface area contributed by atoms with Crippen molar-refractivity contribution in [3.8, 4) is 0 Å². The average Bonchev–Trinajstić information content (AvgIpc) is 2.72. The van der Waals surface area contributed by atoms with Gasteiger partial charge in [0.05, 0.1) is 18.3 Å². The van der Waals surface area contributed by atoms with Crippen LogP contribution in [0.1, 0.15) is 53.4 Å². The first kappa shape index (κ1) is 20.0. The second-order valence-electron chi connectivity index (χ2n) is 10.5. The van der Waals surface area contributed by atoms with Crippen LogP contribution in [0.3, 0.4) is 0 Å². The van der Waals surface area contributed by atoms with Gasteiger partial charge in [-0.1, -0.05) is 33.8 Å². The van der Waals surface area contributed by atoms with Crippen LogP contribution in [-0.4, -0.2) is 51.5 Å². The summed E-state index contributed by atoms with van der Waals surface area (Å²) in [4.78, 5) is 25.5. The summed E-state index contributed by atoms with van der Waals surface area (Å²) in [6.45, 7) is 11.6.